The Morgan fingerprint density at radius 3 is 2.54 bits per heavy atom. The molecule has 132 valence electrons. The minimum atomic E-state index is -0.922. The highest BCUT2D eigenvalue weighted by Crippen LogP contribution is 2.24. The van der Waals surface area contributed by atoms with Crippen molar-refractivity contribution in [1.29, 1.82) is 0 Å². The van der Waals surface area contributed by atoms with Crippen molar-refractivity contribution in [3.05, 3.63) is 74.6 Å². The maximum absolute atomic E-state index is 12.2. The van der Waals surface area contributed by atoms with Crippen LogP contribution in [-0.4, -0.2) is 25.5 Å². The fourth-order valence-corrected chi connectivity index (χ4v) is 2.61. The first-order chi connectivity index (χ1) is 12.5. The molecular weight excluding hydrogens is 404 g/mol. The number of para-hydroxylation sites is 1. The summed E-state index contributed by atoms with van der Waals surface area (Å²) < 4.78 is 16.1. The summed E-state index contributed by atoms with van der Waals surface area (Å²) in [6.07, 6.45) is 0. The van der Waals surface area contributed by atoms with Gasteiger partial charge in [-0.05, 0) is 24.3 Å². The molecule has 1 heterocycles. The van der Waals surface area contributed by atoms with Crippen LogP contribution < -0.4 is 10.4 Å². The van der Waals surface area contributed by atoms with Gasteiger partial charge < -0.3 is 13.9 Å². The number of ether oxygens (including phenoxy) is 2. The number of methoxy groups -OCH3 is 1. The summed E-state index contributed by atoms with van der Waals surface area (Å²) in [4.78, 5) is 36.3. The maximum Gasteiger partial charge on any atom is 0.351 e. The second kappa shape index (κ2) is 7.53. The Balaban J connectivity index is 1.79. The van der Waals surface area contributed by atoms with Gasteiger partial charge >= 0.3 is 11.6 Å². The van der Waals surface area contributed by atoms with E-state index >= 15 is 0 Å². The number of rotatable bonds is 5. The lowest BCUT2D eigenvalue weighted by Crippen LogP contribution is -2.20. The number of esters is 1. The van der Waals surface area contributed by atoms with Crippen LogP contribution in [0.5, 0.6) is 5.75 Å². The Bertz CT molecular complexity index is 1040. The molecule has 3 rings (SSSR count). The van der Waals surface area contributed by atoms with Crippen LogP contribution >= 0.6 is 15.9 Å². The van der Waals surface area contributed by atoms with Crippen LogP contribution in [0.3, 0.4) is 0 Å². The highest BCUT2D eigenvalue weighted by molar-refractivity contribution is 9.10. The molecule has 0 N–H and O–H groups in total. The lowest BCUT2D eigenvalue weighted by atomic mass is 10.1. The highest BCUT2D eigenvalue weighted by Gasteiger charge is 2.18. The molecule has 3 aromatic rings. The first kappa shape index (κ1) is 17.9. The normalized spacial score (nSPS) is 10.5. The number of ketones is 1. The first-order valence-corrected chi connectivity index (χ1v) is 8.35. The quantitative estimate of drug-likeness (QED) is 0.359. The molecule has 0 atom stereocenters. The molecule has 0 spiro atoms. The second-order valence-corrected chi connectivity index (χ2v) is 6.25. The van der Waals surface area contributed by atoms with Crippen molar-refractivity contribution in [2.24, 2.45) is 0 Å². The van der Waals surface area contributed by atoms with E-state index in [1.807, 2.05) is 0 Å². The highest BCUT2D eigenvalue weighted by atomic mass is 79.9. The van der Waals surface area contributed by atoms with E-state index in [2.05, 4.69) is 15.9 Å². The molecule has 6 nitrogen and oxygen atoms in total. The summed E-state index contributed by atoms with van der Waals surface area (Å²) in [5.41, 5.74) is -0.503. The van der Waals surface area contributed by atoms with Gasteiger partial charge in [-0.15, -0.1) is 0 Å². The topological polar surface area (TPSA) is 82.8 Å². The molecule has 0 saturated heterocycles. The molecule has 0 unspecified atom stereocenters. The zero-order chi connectivity index (χ0) is 18.7. The van der Waals surface area contributed by atoms with Gasteiger partial charge in [-0.2, -0.15) is 0 Å². The van der Waals surface area contributed by atoms with E-state index in [0.29, 0.717) is 16.7 Å². The van der Waals surface area contributed by atoms with E-state index in [9.17, 15) is 14.4 Å². The molecule has 0 aliphatic rings. The predicted octanol–water partition coefficient (Wildman–Crippen LogP) is 3.60. The number of carbonyl (C=O) groups excluding carboxylic acids is 2. The van der Waals surface area contributed by atoms with Crippen molar-refractivity contribution in [3.63, 3.8) is 0 Å². The standard InChI is InChI=1S/C19H13BrO6/c1-24-16-4-2-3-12-9-14(19(23)26-17(12)16)18(22)25-10-15(21)11-5-7-13(20)8-6-11/h2-9H,10H2,1H3. The fraction of sp³-hybridized carbons (Fsp3) is 0.105. The van der Waals surface area contributed by atoms with Gasteiger partial charge in [-0.1, -0.05) is 40.2 Å². The summed E-state index contributed by atoms with van der Waals surface area (Å²) in [6.45, 7) is -0.476. The summed E-state index contributed by atoms with van der Waals surface area (Å²) in [5, 5.41) is 0.509. The van der Waals surface area contributed by atoms with Crippen LogP contribution in [0.1, 0.15) is 20.7 Å². The Hall–Kier alpha value is -2.93. The first-order valence-electron chi connectivity index (χ1n) is 7.56. The molecule has 0 fully saturated rings. The van der Waals surface area contributed by atoms with E-state index in [-0.39, 0.29) is 16.9 Å². The van der Waals surface area contributed by atoms with Crippen LogP contribution in [0, 0.1) is 0 Å². The van der Waals surface area contributed by atoms with Crippen LogP contribution in [-0.2, 0) is 4.74 Å². The zero-order valence-electron chi connectivity index (χ0n) is 13.7. The molecule has 0 aliphatic heterocycles. The monoisotopic (exact) mass is 416 g/mol. The summed E-state index contributed by atoms with van der Waals surface area (Å²) in [6, 6.07) is 13.0. The Labute approximate surface area is 156 Å². The summed E-state index contributed by atoms with van der Waals surface area (Å²) in [7, 11) is 1.45. The number of Topliss-reactive ketones (excluding diaryl/α,β-unsaturated/α-hetero) is 1. The van der Waals surface area contributed by atoms with Gasteiger partial charge in [0.25, 0.3) is 0 Å². The molecule has 2 aromatic carbocycles. The number of carbonyl (C=O) groups is 2. The molecule has 0 radical (unpaired) electrons. The van der Waals surface area contributed by atoms with Crippen LogP contribution in [0.15, 0.2) is 62.2 Å². The molecular formula is C19H13BrO6. The van der Waals surface area contributed by atoms with Gasteiger partial charge in [-0.25, -0.2) is 9.59 Å². The number of hydrogen-bond acceptors (Lipinski definition) is 6. The van der Waals surface area contributed by atoms with E-state index < -0.39 is 18.2 Å². The molecule has 0 saturated carbocycles. The van der Waals surface area contributed by atoms with Crippen LogP contribution in [0.4, 0.5) is 0 Å². The van der Waals surface area contributed by atoms with Gasteiger partial charge in [0.15, 0.2) is 23.7 Å². The van der Waals surface area contributed by atoms with Crippen LogP contribution in [0.25, 0.3) is 11.0 Å². The third-order valence-corrected chi connectivity index (χ3v) is 4.19. The number of benzene rings is 2. The second-order valence-electron chi connectivity index (χ2n) is 5.33. The smallest absolute Gasteiger partial charge is 0.351 e. The Morgan fingerprint density at radius 2 is 1.85 bits per heavy atom. The van der Waals surface area contributed by atoms with Crippen molar-refractivity contribution in [1.82, 2.24) is 0 Å². The van der Waals surface area contributed by atoms with Crippen molar-refractivity contribution < 1.29 is 23.5 Å². The molecule has 1 aromatic heterocycles. The minimum Gasteiger partial charge on any atom is -0.493 e. The average molecular weight is 417 g/mol. The Kier molecular flexibility index (Phi) is 5.18. The summed E-state index contributed by atoms with van der Waals surface area (Å²) >= 11 is 3.27. The van der Waals surface area contributed by atoms with Gasteiger partial charge in [-0.3, -0.25) is 4.79 Å². The van der Waals surface area contributed by atoms with Crippen molar-refractivity contribution in [2.75, 3.05) is 13.7 Å². The van der Waals surface area contributed by atoms with E-state index in [1.165, 1.54) is 13.2 Å². The van der Waals surface area contributed by atoms with Crippen molar-refractivity contribution in [2.45, 2.75) is 0 Å². The average Bonchev–Trinajstić information content (AvgIpc) is 2.65. The van der Waals surface area contributed by atoms with Gasteiger partial charge in [0.05, 0.1) is 7.11 Å². The molecule has 7 heteroatoms. The number of hydrogen-bond donors (Lipinski definition) is 0. The Morgan fingerprint density at radius 1 is 1.12 bits per heavy atom. The SMILES string of the molecule is COc1cccc2cc(C(=O)OCC(=O)c3ccc(Br)cc3)c(=O)oc12. The lowest BCUT2D eigenvalue weighted by molar-refractivity contribution is 0.0470. The van der Waals surface area contributed by atoms with E-state index in [1.54, 1.807) is 42.5 Å². The summed E-state index contributed by atoms with van der Waals surface area (Å²) in [5.74, 6) is -0.920. The minimum absolute atomic E-state index is 0.238. The van der Waals surface area contributed by atoms with Gasteiger partial charge in [0.2, 0.25) is 0 Å². The lowest BCUT2D eigenvalue weighted by Gasteiger charge is -2.06. The largest absolute Gasteiger partial charge is 0.493 e. The van der Waals surface area contributed by atoms with Gasteiger partial charge in [0, 0.05) is 15.4 Å². The molecule has 0 bridgehead atoms. The van der Waals surface area contributed by atoms with Gasteiger partial charge in [0.1, 0.15) is 5.56 Å². The zero-order valence-corrected chi connectivity index (χ0v) is 15.2. The number of halogens is 1. The van der Waals surface area contributed by atoms with Crippen molar-refractivity contribution in [3.8, 4) is 5.75 Å². The predicted molar refractivity (Wildman–Crippen MR) is 97.8 cm³/mol. The molecule has 26 heavy (non-hydrogen) atoms. The van der Waals surface area contributed by atoms with Crippen LogP contribution in [0.2, 0.25) is 0 Å². The van der Waals surface area contributed by atoms with Crippen molar-refractivity contribution >= 4 is 38.7 Å². The maximum atomic E-state index is 12.2. The van der Waals surface area contributed by atoms with E-state index in [0.717, 1.165) is 4.47 Å². The molecule has 0 aliphatic carbocycles. The molecule has 0 amide bonds. The third kappa shape index (κ3) is 3.67. The van der Waals surface area contributed by atoms with E-state index in [4.69, 9.17) is 13.9 Å². The fourth-order valence-electron chi connectivity index (χ4n) is 2.35. The third-order valence-electron chi connectivity index (χ3n) is 3.66. The number of fused-ring (bicyclic) bond motifs is 1.